The van der Waals surface area contributed by atoms with E-state index < -0.39 is 0 Å². The van der Waals surface area contributed by atoms with E-state index in [2.05, 4.69) is 15.3 Å². The van der Waals surface area contributed by atoms with Crippen molar-refractivity contribution in [2.24, 2.45) is 0 Å². The summed E-state index contributed by atoms with van der Waals surface area (Å²) in [6.07, 6.45) is 1.84. The summed E-state index contributed by atoms with van der Waals surface area (Å²) in [5.41, 5.74) is 0.696. The van der Waals surface area contributed by atoms with Crippen molar-refractivity contribution in [2.75, 3.05) is 33.5 Å². The third-order valence-corrected chi connectivity index (χ3v) is 3.21. The highest BCUT2D eigenvalue weighted by Gasteiger charge is 2.18. The summed E-state index contributed by atoms with van der Waals surface area (Å²) in [6, 6.07) is 1.54. The van der Waals surface area contributed by atoms with Crippen LogP contribution in [0.15, 0.2) is 10.9 Å². The van der Waals surface area contributed by atoms with Crippen molar-refractivity contribution < 1.29 is 9.47 Å². The molecule has 6 heteroatoms. The van der Waals surface area contributed by atoms with Gasteiger partial charge in [0.15, 0.2) is 0 Å². The summed E-state index contributed by atoms with van der Waals surface area (Å²) >= 11 is 0. The number of nitrogens with one attached hydrogen (secondary N) is 2. The van der Waals surface area contributed by atoms with Gasteiger partial charge in [-0.25, -0.2) is 4.98 Å². The fourth-order valence-electron chi connectivity index (χ4n) is 2.17. The molecular formula is C13H21N3O3. The van der Waals surface area contributed by atoms with E-state index in [9.17, 15) is 4.79 Å². The normalized spacial score (nSPS) is 16.7. The van der Waals surface area contributed by atoms with Gasteiger partial charge in [0, 0.05) is 45.4 Å². The lowest BCUT2D eigenvalue weighted by Gasteiger charge is -2.21. The highest BCUT2D eigenvalue weighted by atomic mass is 16.5. The summed E-state index contributed by atoms with van der Waals surface area (Å²) < 4.78 is 10.3. The fourth-order valence-corrected chi connectivity index (χ4v) is 2.17. The van der Waals surface area contributed by atoms with Crippen molar-refractivity contribution in [2.45, 2.75) is 25.3 Å². The zero-order valence-electron chi connectivity index (χ0n) is 11.3. The molecule has 1 aromatic rings. The molecule has 0 amide bonds. The molecule has 0 unspecified atom stereocenters. The van der Waals surface area contributed by atoms with Gasteiger partial charge in [0.05, 0.1) is 12.3 Å². The van der Waals surface area contributed by atoms with Gasteiger partial charge in [-0.3, -0.25) is 4.79 Å². The molecule has 0 spiro atoms. The minimum Gasteiger partial charge on any atom is -0.383 e. The Bertz CT molecular complexity index is 441. The van der Waals surface area contributed by atoms with Crippen LogP contribution in [0.4, 0.5) is 0 Å². The predicted octanol–water partition coefficient (Wildman–Crippen LogP) is 0.400. The standard InChI is InChI=1S/C13H21N3O3/c1-18-7-4-14-9-11-8-12(17)16-13(15-11)10-2-5-19-6-3-10/h8,10,14H,2-7,9H2,1H3,(H,15,16,17). The maximum atomic E-state index is 11.7. The molecule has 0 bridgehead atoms. The first-order valence-corrected chi connectivity index (χ1v) is 6.67. The molecule has 106 valence electrons. The van der Waals surface area contributed by atoms with Crippen molar-refractivity contribution in [3.8, 4) is 0 Å². The Hall–Kier alpha value is -1.24. The average Bonchev–Trinajstić information content (AvgIpc) is 2.44. The third-order valence-electron chi connectivity index (χ3n) is 3.21. The monoisotopic (exact) mass is 267 g/mol. The maximum absolute atomic E-state index is 11.7. The number of nitrogens with zero attached hydrogens (tertiary/aromatic N) is 1. The van der Waals surface area contributed by atoms with E-state index in [0.717, 1.165) is 44.1 Å². The Morgan fingerprint density at radius 2 is 2.32 bits per heavy atom. The van der Waals surface area contributed by atoms with Crippen LogP contribution in [-0.2, 0) is 16.0 Å². The Morgan fingerprint density at radius 3 is 3.05 bits per heavy atom. The molecule has 1 fully saturated rings. The number of aromatic amines is 1. The second kappa shape index (κ2) is 7.37. The average molecular weight is 267 g/mol. The van der Waals surface area contributed by atoms with Crippen molar-refractivity contribution in [3.05, 3.63) is 27.9 Å². The van der Waals surface area contributed by atoms with Crippen LogP contribution in [0.2, 0.25) is 0 Å². The molecule has 2 heterocycles. The number of H-pyrrole nitrogens is 1. The fraction of sp³-hybridized carbons (Fsp3) is 0.692. The van der Waals surface area contributed by atoms with E-state index in [1.165, 1.54) is 0 Å². The van der Waals surface area contributed by atoms with E-state index in [-0.39, 0.29) is 5.56 Å². The topological polar surface area (TPSA) is 76.2 Å². The molecule has 2 N–H and O–H groups in total. The molecule has 0 atom stereocenters. The largest absolute Gasteiger partial charge is 0.383 e. The van der Waals surface area contributed by atoms with E-state index >= 15 is 0 Å². The number of ether oxygens (including phenoxy) is 2. The Balaban J connectivity index is 1.99. The van der Waals surface area contributed by atoms with Crippen molar-refractivity contribution in [3.63, 3.8) is 0 Å². The van der Waals surface area contributed by atoms with Gasteiger partial charge in [0.25, 0.3) is 5.56 Å². The lowest BCUT2D eigenvalue weighted by Crippen LogP contribution is -2.24. The van der Waals surface area contributed by atoms with E-state index in [1.807, 2.05) is 0 Å². The van der Waals surface area contributed by atoms with Crippen LogP contribution in [-0.4, -0.2) is 43.4 Å². The smallest absolute Gasteiger partial charge is 0.251 e. The molecule has 6 nitrogen and oxygen atoms in total. The van der Waals surface area contributed by atoms with Gasteiger partial charge < -0.3 is 19.8 Å². The molecule has 0 aromatic carbocycles. The number of methoxy groups -OCH3 is 1. The quantitative estimate of drug-likeness (QED) is 0.730. The van der Waals surface area contributed by atoms with E-state index in [0.29, 0.717) is 19.1 Å². The number of aromatic nitrogens is 2. The zero-order valence-corrected chi connectivity index (χ0v) is 11.3. The van der Waals surface area contributed by atoms with E-state index in [4.69, 9.17) is 9.47 Å². The van der Waals surface area contributed by atoms with Gasteiger partial charge in [-0.1, -0.05) is 0 Å². The van der Waals surface area contributed by atoms with Crippen LogP contribution in [0.3, 0.4) is 0 Å². The van der Waals surface area contributed by atoms with Crippen LogP contribution >= 0.6 is 0 Å². The molecule has 1 aliphatic rings. The number of rotatable bonds is 6. The van der Waals surface area contributed by atoms with Gasteiger partial charge in [0.2, 0.25) is 0 Å². The van der Waals surface area contributed by atoms with Crippen LogP contribution in [0, 0.1) is 0 Å². The van der Waals surface area contributed by atoms with Crippen LogP contribution < -0.4 is 10.9 Å². The number of hydrogen-bond donors (Lipinski definition) is 2. The van der Waals surface area contributed by atoms with Crippen LogP contribution in [0.5, 0.6) is 0 Å². The third kappa shape index (κ3) is 4.41. The van der Waals surface area contributed by atoms with Gasteiger partial charge in [-0.2, -0.15) is 0 Å². The lowest BCUT2D eigenvalue weighted by molar-refractivity contribution is 0.0834. The second-order valence-electron chi connectivity index (χ2n) is 4.68. The van der Waals surface area contributed by atoms with Crippen molar-refractivity contribution >= 4 is 0 Å². The summed E-state index contributed by atoms with van der Waals surface area (Å²) in [5, 5.41) is 3.19. The molecule has 0 aliphatic carbocycles. The summed E-state index contributed by atoms with van der Waals surface area (Å²) in [6.45, 7) is 3.46. The maximum Gasteiger partial charge on any atom is 0.251 e. The number of hydrogen-bond acceptors (Lipinski definition) is 5. The summed E-state index contributed by atoms with van der Waals surface area (Å²) in [4.78, 5) is 19.0. The summed E-state index contributed by atoms with van der Waals surface area (Å²) in [7, 11) is 1.66. The first-order valence-electron chi connectivity index (χ1n) is 6.67. The van der Waals surface area contributed by atoms with Crippen LogP contribution in [0.1, 0.15) is 30.3 Å². The SMILES string of the molecule is COCCNCc1cc(=O)[nH]c(C2CCOCC2)n1. The molecule has 1 aliphatic heterocycles. The van der Waals surface area contributed by atoms with Crippen molar-refractivity contribution in [1.82, 2.24) is 15.3 Å². The molecule has 0 radical (unpaired) electrons. The Kier molecular flexibility index (Phi) is 5.50. The van der Waals surface area contributed by atoms with Crippen LogP contribution in [0.25, 0.3) is 0 Å². The van der Waals surface area contributed by atoms with Gasteiger partial charge in [-0.15, -0.1) is 0 Å². The first-order chi connectivity index (χ1) is 9.29. The molecule has 2 rings (SSSR count). The molecular weight excluding hydrogens is 246 g/mol. The van der Waals surface area contributed by atoms with Gasteiger partial charge in [-0.05, 0) is 12.8 Å². The zero-order chi connectivity index (χ0) is 13.5. The Labute approximate surface area is 112 Å². The van der Waals surface area contributed by atoms with E-state index in [1.54, 1.807) is 13.2 Å². The minimum absolute atomic E-state index is 0.0833. The highest BCUT2D eigenvalue weighted by molar-refractivity contribution is 5.06. The predicted molar refractivity (Wildman–Crippen MR) is 71.2 cm³/mol. The molecule has 0 saturated carbocycles. The molecule has 19 heavy (non-hydrogen) atoms. The molecule has 1 saturated heterocycles. The Morgan fingerprint density at radius 1 is 1.53 bits per heavy atom. The van der Waals surface area contributed by atoms with Gasteiger partial charge in [0.1, 0.15) is 5.82 Å². The van der Waals surface area contributed by atoms with Crippen molar-refractivity contribution in [1.29, 1.82) is 0 Å². The lowest BCUT2D eigenvalue weighted by atomic mass is 9.99. The second-order valence-corrected chi connectivity index (χ2v) is 4.68. The highest BCUT2D eigenvalue weighted by Crippen LogP contribution is 2.23. The minimum atomic E-state index is -0.0833. The summed E-state index contributed by atoms with van der Waals surface area (Å²) in [5.74, 6) is 1.10. The molecule has 1 aromatic heterocycles. The van der Waals surface area contributed by atoms with Gasteiger partial charge >= 0.3 is 0 Å². The first kappa shape index (κ1) is 14.2.